The van der Waals surface area contributed by atoms with E-state index in [2.05, 4.69) is 10.2 Å². The number of carbonyl (C=O) groups is 2. The van der Waals surface area contributed by atoms with Gasteiger partial charge in [-0.1, -0.05) is 0 Å². The second kappa shape index (κ2) is 7.07. The Bertz CT molecular complexity index is 343. The number of piperidine rings is 1. The summed E-state index contributed by atoms with van der Waals surface area (Å²) in [5.41, 5.74) is 0. The van der Waals surface area contributed by atoms with Crippen LogP contribution in [0.3, 0.4) is 0 Å². The van der Waals surface area contributed by atoms with Crippen LogP contribution in [0.4, 0.5) is 0 Å². The Morgan fingerprint density at radius 2 is 1.70 bits per heavy atom. The van der Waals surface area contributed by atoms with Crippen LogP contribution in [-0.4, -0.2) is 60.4 Å². The minimum Gasteiger partial charge on any atom is -0.353 e. The highest BCUT2D eigenvalue weighted by Crippen LogP contribution is 2.21. The third-order valence-corrected chi connectivity index (χ3v) is 4.17. The van der Waals surface area contributed by atoms with Crippen molar-refractivity contribution in [3.05, 3.63) is 0 Å². The Balaban J connectivity index is 1.72. The summed E-state index contributed by atoms with van der Waals surface area (Å²) < 4.78 is 0. The summed E-state index contributed by atoms with van der Waals surface area (Å²) in [6, 6.07) is 0.191. The average Bonchev–Trinajstić information content (AvgIpc) is 2.91. The molecule has 2 aliphatic heterocycles. The van der Waals surface area contributed by atoms with E-state index in [0.717, 1.165) is 51.9 Å². The lowest BCUT2D eigenvalue weighted by Crippen LogP contribution is -2.45. The van der Waals surface area contributed by atoms with Crippen molar-refractivity contribution in [3.8, 4) is 0 Å². The molecule has 1 N–H and O–H groups in total. The summed E-state index contributed by atoms with van der Waals surface area (Å²) >= 11 is 0. The molecule has 0 aromatic heterocycles. The molecule has 114 valence electrons. The Hall–Kier alpha value is -1.10. The van der Waals surface area contributed by atoms with E-state index >= 15 is 0 Å². The Kier molecular flexibility index (Phi) is 5.40. The fourth-order valence-electron chi connectivity index (χ4n) is 3.10. The van der Waals surface area contributed by atoms with Crippen molar-refractivity contribution < 1.29 is 9.59 Å². The highest BCUT2D eigenvalue weighted by molar-refractivity contribution is 5.79. The van der Waals surface area contributed by atoms with Crippen LogP contribution in [0.5, 0.6) is 0 Å². The second-order valence-electron chi connectivity index (χ2n) is 6.31. The van der Waals surface area contributed by atoms with Gasteiger partial charge in [-0.15, -0.1) is 0 Å². The van der Waals surface area contributed by atoms with Gasteiger partial charge < -0.3 is 10.2 Å². The van der Waals surface area contributed by atoms with Crippen LogP contribution in [0.1, 0.15) is 39.5 Å². The fraction of sp³-hybridized carbons (Fsp3) is 0.867. The van der Waals surface area contributed by atoms with Gasteiger partial charge in [-0.05, 0) is 52.6 Å². The van der Waals surface area contributed by atoms with Crippen molar-refractivity contribution in [1.29, 1.82) is 0 Å². The number of hydrogen-bond acceptors (Lipinski definition) is 3. The summed E-state index contributed by atoms with van der Waals surface area (Å²) in [6.07, 6.45) is 4.09. The monoisotopic (exact) mass is 281 g/mol. The zero-order valence-corrected chi connectivity index (χ0v) is 12.7. The zero-order chi connectivity index (χ0) is 14.5. The molecule has 0 saturated carbocycles. The van der Waals surface area contributed by atoms with Crippen LogP contribution in [0.15, 0.2) is 0 Å². The smallest absolute Gasteiger partial charge is 0.234 e. The van der Waals surface area contributed by atoms with Crippen LogP contribution in [0.25, 0.3) is 0 Å². The van der Waals surface area contributed by atoms with Gasteiger partial charge in [0.1, 0.15) is 0 Å². The van der Waals surface area contributed by atoms with Gasteiger partial charge in [-0.3, -0.25) is 14.5 Å². The molecule has 20 heavy (non-hydrogen) atoms. The van der Waals surface area contributed by atoms with E-state index < -0.39 is 0 Å². The third-order valence-electron chi connectivity index (χ3n) is 4.17. The summed E-state index contributed by atoms with van der Waals surface area (Å²) in [6.45, 7) is 8.00. The molecule has 0 aliphatic carbocycles. The molecular weight excluding hydrogens is 254 g/mol. The van der Waals surface area contributed by atoms with E-state index in [1.54, 1.807) is 0 Å². The molecular formula is C15H27N3O2. The fourth-order valence-corrected chi connectivity index (χ4v) is 3.10. The first-order valence-electron chi connectivity index (χ1n) is 7.87. The van der Waals surface area contributed by atoms with Gasteiger partial charge in [0, 0.05) is 25.0 Å². The topological polar surface area (TPSA) is 52.7 Å². The van der Waals surface area contributed by atoms with E-state index in [0.29, 0.717) is 12.5 Å². The predicted molar refractivity (Wildman–Crippen MR) is 78.3 cm³/mol. The first kappa shape index (κ1) is 15.3. The minimum absolute atomic E-state index is 0.0873. The molecule has 0 bridgehead atoms. The van der Waals surface area contributed by atoms with Gasteiger partial charge in [-0.25, -0.2) is 0 Å². The molecule has 0 atom stereocenters. The van der Waals surface area contributed by atoms with E-state index in [4.69, 9.17) is 0 Å². The van der Waals surface area contributed by atoms with Gasteiger partial charge in [0.05, 0.1) is 6.54 Å². The lowest BCUT2D eigenvalue weighted by Gasteiger charge is -2.32. The maximum Gasteiger partial charge on any atom is 0.234 e. The number of rotatable bonds is 4. The average molecular weight is 281 g/mol. The second-order valence-corrected chi connectivity index (χ2v) is 6.31. The van der Waals surface area contributed by atoms with Gasteiger partial charge in [0.2, 0.25) is 11.8 Å². The lowest BCUT2D eigenvalue weighted by molar-refractivity contribution is -0.136. The number of nitrogens with one attached hydrogen (secondary N) is 1. The SMILES string of the molecule is CC(C)NC(=O)CN1CCC(C(=O)N2CCCC2)CC1. The Morgan fingerprint density at radius 1 is 1.10 bits per heavy atom. The molecule has 0 spiro atoms. The van der Waals surface area contributed by atoms with Crippen LogP contribution in [0, 0.1) is 5.92 Å². The van der Waals surface area contributed by atoms with Crippen molar-refractivity contribution in [1.82, 2.24) is 15.1 Å². The van der Waals surface area contributed by atoms with Gasteiger partial charge in [0.25, 0.3) is 0 Å². The number of carbonyl (C=O) groups excluding carboxylic acids is 2. The van der Waals surface area contributed by atoms with Crippen molar-refractivity contribution >= 4 is 11.8 Å². The number of hydrogen-bond donors (Lipinski definition) is 1. The molecule has 2 saturated heterocycles. The van der Waals surface area contributed by atoms with Crippen LogP contribution in [-0.2, 0) is 9.59 Å². The molecule has 2 heterocycles. The van der Waals surface area contributed by atoms with Crippen LogP contribution in [0.2, 0.25) is 0 Å². The van der Waals surface area contributed by atoms with E-state index in [1.165, 1.54) is 0 Å². The minimum atomic E-state index is 0.0873. The molecule has 2 rings (SSSR count). The largest absolute Gasteiger partial charge is 0.353 e. The maximum absolute atomic E-state index is 12.3. The van der Waals surface area contributed by atoms with E-state index in [-0.39, 0.29) is 17.9 Å². The molecule has 0 aromatic rings. The van der Waals surface area contributed by atoms with Crippen LogP contribution >= 0.6 is 0 Å². The molecule has 5 heteroatoms. The van der Waals surface area contributed by atoms with Crippen LogP contribution < -0.4 is 5.32 Å². The van der Waals surface area contributed by atoms with Crippen molar-refractivity contribution in [3.63, 3.8) is 0 Å². The number of likely N-dealkylation sites (tertiary alicyclic amines) is 2. The molecule has 0 aromatic carbocycles. The standard InChI is InChI=1S/C15H27N3O2/c1-12(2)16-14(19)11-17-9-5-13(6-10-17)15(20)18-7-3-4-8-18/h12-13H,3-11H2,1-2H3,(H,16,19). The Morgan fingerprint density at radius 3 is 2.25 bits per heavy atom. The molecule has 2 aliphatic rings. The highest BCUT2D eigenvalue weighted by Gasteiger charge is 2.30. The number of amides is 2. The predicted octanol–water partition coefficient (Wildman–Crippen LogP) is 0.845. The highest BCUT2D eigenvalue weighted by atomic mass is 16.2. The summed E-state index contributed by atoms with van der Waals surface area (Å²) in [4.78, 5) is 28.2. The summed E-state index contributed by atoms with van der Waals surface area (Å²) in [7, 11) is 0. The summed E-state index contributed by atoms with van der Waals surface area (Å²) in [5.74, 6) is 0.607. The zero-order valence-electron chi connectivity index (χ0n) is 12.7. The normalized spacial score (nSPS) is 21.4. The van der Waals surface area contributed by atoms with Crippen molar-refractivity contribution in [2.24, 2.45) is 5.92 Å². The van der Waals surface area contributed by atoms with Gasteiger partial charge in [-0.2, -0.15) is 0 Å². The molecule has 2 fully saturated rings. The summed E-state index contributed by atoms with van der Waals surface area (Å²) in [5, 5.41) is 2.91. The molecule has 0 radical (unpaired) electrons. The molecule has 0 unspecified atom stereocenters. The number of nitrogens with zero attached hydrogens (tertiary/aromatic N) is 2. The van der Waals surface area contributed by atoms with Gasteiger partial charge >= 0.3 is 0 Å². The molecule has 5 nitrogen and oxygen atoms in total. The van der Waals surface area contributed by atoms with Crippen molar-refractivity contribution in [2.45, 2.75) is 45.6 Å². The maximum atomic E-state index is 12.3. The quantitative estimate of drug-likeness (QED) is 0.831. The van der Waals surface area contributed by atoms with Gasteiger partial charge in [0.15, 0.2) is 0 Å². The first-order chi connectivity index (χ1) is 9.56. The van der Waals surface area contributed by atoms with Crippen molar-refractivity contribution in [2.75, 3.05) is 32.7 Å². The molecule has 2 amide bonds. The lowest BCUT2D eigenvalue weighted by atomic mass is 9.95. The first-order valence-corrected chi connectivity index (χ1v) is 7.87. The van der Waals surface area contributed by atoms with E-state index in [1.807, 2.05) is 18.7 Å². The van der Waals surface area contributed by atoms with E-state index in [9.17, 15) is 9.59 Å². The third kappa shape index (κ3) is 4.20. The Labute approximate surface area is 121 Å².